The summed E-state index contributed by atoms with van der Waals surface area (Å²) in [6, 6.07) is 0. The molecule has 0 aromatic carbocycles. The summed E-state index contributed by atoms with van der Waals surface area (Å²) in [5.74, 6) is 0. The second-order valence-electron chi connectivity index (χ2n) is 20.3. The lowest BCUT2D eigenvalue weighted by Crippen LogP contribution is -2.67. The van der Waals surface area contributed by atoms with E-state index in [0.717, 1.165) is 0 Å². The van der Waals surface area contributed by atoms with E-state index in [1.54, 1.807) is 0 Å². The zero-order valence-corrected chi connectivity index (χ0v) is 37.8. The number of hydrogen-bond acceptors (Lipinski definition) is 30. The molecule has 24 bridgehead atoms. The molecule has 0 aromatic heterocycles. The molecule has 0 radical (unpaired) electrons. The summed E-state index contributed by atoms with van der Waals surface area (Å²) in [7, 11) is 0. The third kappa shape index (κ3) is 8.25. The normalized spacial score (nSPS) is 61.3. The number of ether oxygens (including phenoxy) is 19. The van der Waals surface area contributed by atoms with Crippen molar-refractivity contribution in [2.24, 2.45) is 0 Å². The Kier molecular flexibility index (Phi) is 13.7. The molecule has 408 valence electrons. The molecular formula is C42H60O30. The first kappa shape index (κ1) is 50.3. The van der Waals surface area contributed by atoms with Crippen LogP contribution in [0.1, 0.15) is 0 Å². The van der Waals surface area contributed by atoms with E-state index in [1.165, 1.54) is 0 Å². The van der Waals surface area contributed by atoms with Crippen molar-refractivity contribution in [1.82, 2.24) is 0 Å². The van der Waals surface area contributed by atoms with Gasteiger partial charge in [0, 0.05) is 0 Å². The van der Waals surface area contributed by atoms with Gasteiger partial charge >= 0.3 is 0 Å². The van der Waals surface area contributed by atoms with Crippen LogP contribution in [-0.2, 0) is 90.0 Å². The lowest BCUT2D eigenvalue weighted by molar-refractivity contribution is -0.384. The molecule has 26 aliphatic heterocycles. The molecule has 0 aliphatic carbocycles. The highest BCUT2D eigenvalue weighted by Gasteiger charge is 2.64. The molecule has 0 amide bonds. The fourth-order valence-corrected chi connectivity index (χ4v) is 12.3. The zero-order chi connectivity index (χ0) is 49.6. The highest BCUT2D eigenvalue weighted by Crippen LogP contribution is 2.44. The van der Waals surface area contributed by atoms with Gasteiger partial charge in [-0.1, -0.05) is 0 Å². The Hall–Kier alpha value is -1.20. The quantitative estimate of drug-likeness (QED) is 0.122. The Morgan fingerprint density at radius 2 is 0.431 bits per heavy atom. The predicted octanol–water partition coefficient (Wildman–Crippen LogP) is -10.0. The van der Waals surface area contributed by atoms with E-state index in [4.69, 9.17) is 90.0 Å². The van der Waals surface area contributed by atoms with Crippen LogP contribution in [0.3, 0.4) is 0 Å². The van der Waals surface area contributed by atoms with Crippen LogP contribution in [-0.4, -0.2) is 317 Å². The van der Waals surface area contributed by atoms with E-state index in [1.807, 2.05) is 0 Å². The number of aliphatic hydroxyl groups excluding tert-OH is 11. The predicted molar refractivity (Wildman–Crippen MR) is 212 cm³/mol. The van der Waals surface area contributed by atoms with E-state index in [-0.39, 0.29) is 33.0 Å². The molecular weight excluding hydrogens is 984 g/mol. The molecule has 72 heavy (non-hydrogen) atoms. The number of aliphatic hydroxyl groups is 11. The van der Waals surface area contributed by atoms with Crippen LogP contribution in [0.4, 0.5) is 0 Å². The molecule has 26 saturated heterocycles. The van der Waals surface area contributed by atoms with Gasteiger partial charge in [0.25, 0.3) is 0 Å². The van der Waals surface area contributed by atoms with Crippen LogP contribution >= 0.6 is 0 Å². The van der Waals surface area contributed by atoms with Crippen LogP contribution in [0.15, 0.2) is 0 Å². The summed E-state index contributed by atoms with van der Waals surface area (Å²) < 4.78 is 114. The van der Waals surface area contributed by atoms with E-state index in [9.17, 15) is 56.2 Å². The average Bonchev–Trinajstić information content (AvgIpc) is 4.13. The SMILES string of the molecule is OC[C@H]1O[C@@H]2O[C@H]3[C@@H]4OC[C@H]3O[C@H](O[C@H]3[C@@H]5OC[C@H]3O[C@H](O[C@H]3[C@@H]6OC[C@H]3O[C@H](O[C@H]3[C@@H]7OC[C@H]3O[C@H](O[C@H]3[C@@H]8OC[C@H]3O[C@H](O[C@H]3[C@H](O)[C@@H](O)[C@@H](O[C@H]1[C@H](O)[C@H]2O)O[C@@H]3CO)[C@@H]8O)[C@@H]7O)[C@@H]6O)[C@@H]5O)[C@@H]4O. The molecule has 26 rings (SSSR count). The summed E-state index contributed by atoms with van der Waals surface area (Å²) in [4.78, 5) is 0. The molecule has 26 heterocycles. The van der Waals surface area contributed by atoms with Gasteiger partial charge in [-0.3, -0.25) is 0 Å². The molecule has 30 heteroatoms. The third-order valence-electron chi connectivity index (χ3n) is 16.0. The Bertz CT molecular complexity index is 1900. The molecule has 0 spiro atoms. The molecule has 26 fully saturated rings. The Morgan fingerprint density at radius 1 is 0.222 bits per heavy atom. The van der Waals surface area contributed by atoms with Gasteiger partial charge in [-0.05, 0) is 0 Å². The summed E-state index contributed by atoms with van der Waals surface area (Å²) in [5.41, 5.74) is 0. The highest BCUT2D eigenvalue weighted by molar-refractivity contribution is 5.06. The van der Waals surface area contributed by atoms with Crippen LogP contribution in [0.2, 0.25) is 0 Å². The summed E-state index contributed by atoms with van der Waals surface area (Å²) in [6.45, 7) is -1.99. The van der Waals surface area contributed by atoms with Gasteiger partial charge in [0.05, 0.1) is 46.2 Å². The van der Waals surface area contributed by atoms with E-state index < -0.39 is 228 Å². The summed E-state index contributed by atoms with van der Waals surface area (Å²) in [6.07, 6.45) is -46.7. The molecule has 30 nitrogen and oxygen atoms in total. The Morgan fingerprint density at radius 3 is 0.653 bits per heavy atom. The van der Waals surface area contributed by atoms with Crippen molar-refractivity contribution in [3.63, 3.8) is 0 Å². The van der Waals surface area contributed by atoms with Gasteiger partial charge in [-0.25, -0.2) is 0 Å². The maximum Gasteiger partial charge on any atom is 0.187 e. The van der Waals surface area contributed by atoms with Gasteiger partial charge in [0.15, 0.2) is 44.0 Å². The van der Waals surface area contributed by atoms with Crippen molar-refractivity contribution in [2.75, 3.05) is 46.2 Å². The van der Waals surface area contributed by atoms with Gasteiger partial charge in [-0.2, -0.15) is 0 Å². The Labute approximate surface area is 407 Å². The Balaban J connectivity index is 0.751. The van der Waals surface area contributed by atoms with Gasteiger partial charge in [0.2, 0.25) is 0 Å². The molecule has 0 aromatic rings. The molecule has 0 saturated carbocycles. The minimum Gasteiger partial charge on any atom is -0.394 e. The summed E-state index contributed by atoms with van der Waals surface area (Å²) in [5, 5.41) is 124. The van der Waals surface area contributed by atoms with Crippen LogP contribution in [0, 0.1) is 0 Å². The number of hydrogen-bond donors (Lipinski definition) is 11. The fourth-order valence-electron chi connectivity index (χ4n) is 12.3. The first-order valence-electron chi connectivity index (χ1n) is 24.4. The van der Waals surface area contributed by atoms with E-state index in [2.05, 4.69) is 0 Å². The average molecular weight is 1040 g/mol. The second-order valence-corrected chi connectivity index (χ2v) is 20.3. The smallest absolute Gasteiger partial charge is 0.187 e. The van der Waals surface area contributed by atoms with E-state index >= 15 is 0 Å². The van der Waals surface area contributed by atoms with Crippen LogP contribution < -0.4 is 0 Å². The third-order valence-corrected chi connectivity index (χ3v) is 16.0. The highest BCUT2D eigenvalue weighted by atomic mass is 16.8. The first-order chi connectivity index (χ1) is 34.8. The molecule has 0 unspecified atom stereocenters. The van der Waals surface area contributed by atoms with Crippen LogP contribution in [0.5, 0.6) is 0 Å². The van der Waals surface area contributed by atoms with Crippen molar-refractivity contribution in [2.45, 2.75) is 215 Å². The standard InChI is InChI=1S/C42H60O30/c43-1-8-24-16(46)18(48)37(60-8)68-26-10-3-55-32(26)20(50)39(62-10)70-28-12-5-57-34(28)22(52)41(64-12)72-30-14-7-58-35(30)23(53)42(65-14)71-29-13-6-56-33(29)21(51)40(63-13)69-27-11-4-54-31(27)19(49)38(61-11)67-25-9(2-44)59-36(66-24)17(47)15(25)45/h8-53H,1-7H2/t8-,9-,10-,11-,12-,13-,14-,15-,16-,17-,18-,19-,20-,21-,22-,23-,24-,25-,26-,27-,28-,29-,30-,31-,32-,33-,34-,35-,36-,37-,38-,39-,40-,41-,42-/m1/s1. The van der Waals surface area contributed by atoms with Gasteiger partial charge in [0.1, 0.15) is 171 Å². The molecule has 35 atom stereocenters. The minimum atomic E-state index is -1.97. The van der Waals surface area contributed by atoms with Gasteiger partial charge in [-0.15, -0.1) is 0 Å². The van der Waals surface area contributed by atoms with E-state index in [0.29, 0.717) is 0 Å². The molecule has 26 aliphatic rings. The lowest BCUT2D eigenvalue weighted by Gasteiger charge is -2.48. The summed E-state index contributed by atoms with van der Waals surface area (Å²) >= 11 is 0. The monoisotopic (exact) mass is 1040 g/mol. The van der Waals surface area contributed by atoms with Crippen molar-refractivity contribution in [3.05, 3.63) is 0 Å². The topological polar surface area (TPSA) is 398 Å². The maximum atomic E-state index is 11.6. The second kappa shape index (κ2) is 19.6. The maximum absolute atomic E-state index is 11.6. The van der Waals surface area contributed by atoms with Gasteiger partial charge < -0.3 is 146 Å². The van der Waals surface area contributed by atoms with Crippen molar-refractivity contribution >= 4 is 0 Å². The van der Waals surface area contributed by atoms with Crippen molar-refractivity contribution in [1.29, 1.82) is 0 Å². The van der Waals surface area contributed by atoms with Crippen LogP contribution in [0.25, 0.3) is 0 Å². The number of rotatable bonds is 2. The lowest BCUT2D eigenvalue weighted by atomic mass is 9.96. The zero-order valence-electron chi connectivity index (χ0n) is 37.8. The van der Waals surface area contributed by atoms with Crippen molar-refractivity contribution < 1.29 is 146 Å². The van der Waals surface area contributed by atoms with Crippen molar-refractivity contribution in [3.8, 4) is 0 Å². The molecule has 11 N–H and O–H groups in total. The minimum absolute atomic E-state index is 0.0202. The fraction of sp³-hybridized carbons (Fsp3) is 1.00. The first-order valence-corrected chi connectivity index (χ1v) is 24.4. The largest absolute Gasteiger partial charge is 0.394 e.